The Balaban J connectivity index is 1.97. The number of hydrogen-bond acceptors (Lipinski definition) is 4. The van der Waals surface area contributed by atoms with Gasteiger partial charge in [0.05, 0.1) is 17.2 Å². The summed E-state index contributed by atoms with van der Waals surface area (Å²) in [6.07, 6.45) is 0. The number of rotatable bonds is 4. The van der Waals surface area contributed by atoms with Crippen LogP contribution in [0, 0.1) is 5.82 Å². The maximum atomic E-state index is 14.8. The van der Waals surface area contributed by atoms with E-state index in [1.165, 1.54) is 42.5 Å². The first kappa shape index (κ1) is 21.5. The summed E-state index contributed by atoms with van der Waals surface area (Å²) in [4.78, 5) is 38.5. The minimum atomic E-state index is -1.29. The summed E-state index contributed by atoms with van der Waals surface area (Å²) in [6, 6.07) is 16.2. The SMILES string of the molecule is O=C1C(=O)N(c2cccc(C(=O)O)c2)[C@H](c2ccccc2F)C1=C(O)c1ccc(Br)cc1. The summed E-state index contributed by atoms with van der Waals surface area (Å²) in [5, 5.41) is 20.3. The van der Waals surface area contributed by atoms with Gasteiger partial charge in [-0.25, -0.2) is 9.18 Å². The van der Waals surface area contributed by atoms with Crippen molar-refractivity contribution in [1.82, 2.24) is 0 Å². The first-order chi connectivity index (χ1) is 15.3. The number of aliphatic hydroxyl groups is 1. The van der Waals surface area contributed by atoms with E-state index < -0.39 is 35.3 Å². The van der Waals surface area contributed by atoms with Gasteiger partial charge < -0.3 is 10.2 Å². The number of aromatic carboxylic acids is 1. The molecule has 1 fully saturated rings. The van der Waals surface area contributed by atoms with Crippen molar-refractivity contribution in [2.24, 2.45) is 0 Å². The van der Waals surface area contributed by atoms with Crippen LogP contribution >= 0.6 is 15.9 Å². The molecule has 0 unspecified atom stereocenters. The Labute approximate surface area is 190 Å². The molecule has 1 aliphatic heterocycles. The Morgan fingerprint density at radius 2 is 1.59 bits per heavy atom. The lowest BCUT2D eigenvalue weighted by Crippen LogP contribution is -2.30. The third-order valence-corrected chi connectivity index (χ3v) is 5.66. The van der Waals surface area contributed by atoms with Crippen LogP contribution < -0.4 is 4.90 Å². The summed E-state index contributed by atoms with van der Waals surface area (Å²) >= 11 is 3.29. The highest BCUT2D eigenvalue weighted by Gasteiger charge is 2.47. The second-order valence-corrected chi connectivity index (χ2v) is 7.97. The van der Waals surface area contributed by atoms with Crippen LogP contribution in [0.4, 0.5) is 10.1 Å². The fourth-order valence-corrected chi connectivity index (χ4v) is 3.91. The second kappa shape index (κ2) is 8.39. The van der Waals surface area contributed by atoms with Gasteiger partial charge in [0.2, 0.25) is 0 Å². The van der Waals surface area contributed by atoms with Gasteiger partial charge in [0.1, 0.15) is 11.6 Å². The number of amides is 1. The van der Waals surface area contributed by atoms with Crippen LogP contribution in [-0.4, -0.2) is 27.9 Å². The number of ketones is 1. The number of carbonyl (C=O) groups is 3. The van der Waals surface area contributed by atoms with Crippen LogP contribution in [0.5, 0.6) is 0 Å². The van der Waals surface area contributed by atoms with Crippen molar-refractivity contribution in [1.29, 1.82) is 0 Å². The van der Waals surface area contributed by atoms with E-state index in [4.69, 9.17) is 0 Å². The summed E-state index contributed by atoms with van der Waals surface area (Å²) in [5.74, 6) is -4.36. The van der Waals surface area contributed by atoms with Gasteiger partial charge in [0.15, 0.2) is 0 Å². The van der Waals surface area contributed by atoms with E-state index in [1.54, 1.807) is 30.3 Å². The van der Waals surface area contributed by atoms with E-state index in [1.807, 2.05) is 0 Å². The Hall–Kier alpha value is -3.78. The van der Waals surface area contributed by atoms with Crippen LogP contribution in [0.15, 0.2) is 82.8 Å². The maximum Gasteiger partial charge on any atom is 0.335 e. The Morgan fingerprint density at radius 1 is 0.906 bits per heavy atom. The average molecular weight is 496 g/mol. The highest BCUT2D eigenvalue weighted by molar-refractivity contribution is 9.10. The topological polar surface area (TPSA) is 94.9 Å². The standard InChI is InChI=1S/C24H15BrFNO5/c25-15-10-8-13(9-11-15)21(28)19-20(17-6-1-2-7-18(17)26)27(23(30)22(19)29)16-5-3-4-14(12-16)24(31)32/h1-12,20,28H,(H,31,32)/t20-/m1/s1. The number of anilines is 1. The lowest BCUT2D eigenvalue weighted by Gasteiger charge is -2.26. The monoisotopic (exact) mass is 495 g/mol. The van der Waals surface area contributed by atoms with E-state index >= 15 is 0 Å². The molecule has 1 heterocycles. The second-order valence-electron chi connectivity index (χ2n) is 7.05. The molecule has 1 aliphatic rings. The molecular formula is C24H15BrFNO5. The predicted octanol–water partition coefficient (Wildman–Crippen LogP) is 4.91. The number of nitrogens with zero attached hydrogens (tertiary/aromatic N) is 1. The van der Waals surface area contributed by atoms with Crippen molar-refractivity contribution in [2.45, 2.75) is 6.04 Å². The molecule has 1 saturated heterocycles. The molecule has 3 aromatic carbocycles. The zero-order chi connectivity index (χ0) is 23.0. The van der Waals surface area contributed by atoms with Gasteiger partial charge in [-0.2, -0.15) is 0 Å². The molecule has 0 aliphatic carbocycles. The molecule has 3 aromatic rings. The number of Topliss-reactive ketones (excluding diaryl/α,β-unsaturated/α-hetero) is 1. The van der Waals surface area contributed by atoms with E-state index in [0.717, 1.165) is 9.37 Å². The van der Waals surface area contributed by atoms with Gasteiger partial charge in [-0.05, 0) is 36.4 Å². The molecule has 0 saturated carbocycles. The van der Waals surface area contributed by atoms with Crippen molar-refractivity contribution in [3.05, 3.63) is 105 Å². The van der Waals surface area contributed by atoms with Crippen LogP contribution in [0.25, 0.3) is 5.76 Å². The van der Waals surface area contributed by atoms with Crippen LogP contribution in [0.2, 0.25) is 0 Å². The zero-order valence-electron chi connectivity index (χ0n) is 16.3. The number of aliphatic hydroxyl groups excluding tert-OH is 1. The van der Waals surface area contributed by atoms with Gasteiger partial charge in [-0.1, -0.05) is 52.3 Å². The number of halogens is 2. The zero-order valence-corrected chi connectivity index (χ0v) is 17.9. The number of benzene rings is 3. The quantitative estimate of drug-likeness (QED) is 0.304. The molecule has 2 N–H and O–H groups in total. The van der Waals surface area contributed by atoms with Crippen LogP contribution in [0.1, 0.15) is 27.5 Å². The van der Waals surface area contributed by atoms with Gasteiger partial charge in [-0.15, -0.1) is 0 Å². The lowest BCUT2D eigenvalue weighted by molar-refractivity contribution is -0.132. The summed E-state index contributed by atoms with van der Waals surface area (Å²) < 4.78 is 15.6. The van der Waals surface area contributed by atoms with Gasteiger partial charge in [0, 0.05) is 21.3 Å². The minimum Gasteiger partial charge on any atom is -0.507 e. The molecule has 160 valence electrons. The molecular weight excluding hydrogens is 481 g/mol. The summed E-state index contributed by atoms with van der Waals surface area (Å²) in [7, 11) is 0. The lowest BCUT2D eigenvalue weighted by atomic mass is 9.94. The van der Waals surface area contributed by atoms with Crippen molar-refractivity contribution >= 4 is 45.0 Å². The van der Waals surface area contributed by atoms with Gasteiger partial charge in [-0.3, -0.25) is 14.5 Å². The summed E-state index contributed by atoms with van der Waals surface area (Å²) in [5.41, 5.74) is -0.0410. The largest absolute Gasteiger partial charge is 0.507 e. The normalized spacial score (nSPS) is 17.6. The van der Waals surface area contributed by atoms with E-state index in [2.05, 4.69) is 15.9 Å². The number of carboxylic acids is 1. The predicted molar refractivity (Wildman–Crippen MR) is 119 cm³/mol. The third kappa shape index (κ3) is 3.69. The number of hydrogen-bond donors (Lipinski definition) is 2. The van der Waals surface area contributed by atoms with E-state index in [0.29, 0.717) is 0 Å². The molecule has 1 atom stereocenters. The molecule has 1 amide bonds. The molecule has 8 heteroatoms. The molecule has 0 aromatic heterocycles. The Kier molecular flexibility index (Phi) is 5.63. The molecule has 0 radical (unpaired) electrons. The van der Waals surface area contributed by atoms with E-state index in [-0.39, 0.29) is 28.0 Å². The maximum absolute atomic E-state index is 14.8. The first-order valence-electron chi connectivity index (χ1n) is 9.44. The number of carbonyl (C=O) groups excluding carboxylic acids is 2. The number of carboxylic acid groups (broad SMARTS) is 1. The third-order valence-electron chi connectivity index (χ3n) is 5.13. The molecule has 6 nitrogen and oxygen atoms in total. The molecule has 4 rings (SSSR count). The summed E-state index contributed by atoms with van der Waals surface area (Å²) in [6.45, 7) is 0. The first-order valence-corrected chi connectivity index (χ1v) is 10.2. The van der Waals surface area contributed by atoms with Gasteiger partial charge >= 0.3 is 5.97 Å². The highest BCUT2D eigenvalue weighted by Crippen LogP contribution is 2.43. The molecule has 0 bridgehead atoms. The molecule has 32 heavy (non-hydrogen) atoms. The smallest absolute Gasteiger partial charge is 0.335 e. The highest BCUT2D eigenvalue weighted by atomic mass is 79.9. The minimum absolute atomic E-state index is 0.00825. The van der Waals surface area contributed by atoms with E-state index in [9.17, 15) is 29.0 Å². The molecule has 0 spiro atoms. The van der Waals surface area contributed by atoms with Crippen molar-refractivity contribution in [2.75, 3.05) is 4.90 Å². The van der Waals surface area contributed by atoms with Crippen molar-refractivity contribution < 1.29 is 29.0 Å². The fourth-order valence-electron chi connectivity index (χ4n) is 3.64. The average Bonchev–Trinajstić information content (AvgIpc) is 3.04. The van der Waals surface area contributed by atoms with Gasteiger partial charge in [0.25, 0.3) is 11.7 Å². The van der Waals surface area contributed by atoms with Crippen molar-refractivity contribution in [3.8, 4) is 0 Å². The van der Waals surface area contributed by atoms with Crippen LogP contribution in [-0.2, 0) is 9.59 Å². The van der Waals surface area contributed by atoms with Crippen LogP contribution in [0.3, 0.4) is 0 Å². The Morgan fingerprint density at radius 3 is 2.25 bits per heavy atom. The fraction of sp³-hybridized carbons (Fsp3) is 0.0417. The Bertz CT molecular complexity index is 1290. The van der Waals surface area contributed by atoms with Crippen molar-refractivity contribution in [3.63, 3.8) is 0 Å².